The summed E-state index contributed by atoms with van der Waals surface area (Å²) in [6.07, 6.45) is 0.526. The molecule has 0 aromatic heterocycles. The summed E-state index contributed by atoms with van der Waals surface area (Å²) >= 11 is 0. The maximum absolute atomic E-state index is 11.7. The topological polar surface area (TPSA) is 58.4 Å². The number of carbonyl (C=O) groups is 1. The average Bonchev–Trinajstić information content (AvgIpc) is 2.33. The molecule has 0 atom stereocenters. The van der Waals surface area contributed by atoms with Gasteiger partial charge < -0.3 is 11.1 Å². The number of nitrogens with two attached hydrogens (primary N) is 1. The van der Waals surface area contributed by atoms with Crippen LogP contribution in [0, 0.1) is 0 Å². The molecule has 0 aliphatic heterocycles. The van der Waals surface area contributed by atoms with Crippen molar-refractivity contribution in [1.29, 1.82) is 0 Å². The molecule has 0 radical (unpaired) electrons. The highest BCUT2D eigenvalue weighted by molar-refractivity contribution is 5.76. The zero-order valence-electron chi connectivity index (χ0n) is 13.0. The first-order valence-corrected chi connectivity index (χ1v) is 7.26. The fourth-order valence-electron chi connectivity index (χ4n) is 2.09. The summed E-state index contributed by atoms with van der Waals surface area (Å²) in [5, 5.41) is 2.92. The summed E-state index contributed by atoms with van der Waals surface area (Å²) in [5.41, 5.74) is 7.77. The molecule has 1 rings (SSSR count). The molecule has 0 aliphatic rings. The van der Waals surface area contributed by atoms with E-state index in [0.29, 0.717) is 12.5 Å². The van der Waals surface area contributed by atoms with E-state index in [-0.39, 0.29) is 11.9 Å². The van der Waals surface area contributed by atoms with Crippen molar-refractivity contribution in [3.8, 4) is 0 Å². The number of hydrogen-bond acceptors (Lipinski definition) is 3. The van der Waals surface area contributed by atoms with Crippen LogP contribution >= 0.6 is 0 Å². The molecule has 0 unspecified atom stereocenters. The van der Waals surface area contributed by atoms with Gasteiger partial charge in [0.2, 0.25) is 5.91 Å². The van der Waals surface area contributed by atoms with Crippen molar-refractivity contribution in [3.05, 3.63) is 29.8 Å². The Bertz CT molecular complexity index is 429. The molecule has 4 nitrogen and oxygen atoms in total. The SMILES string of the molecule is CC(C)NC(=O)CCN(Cc1cccc(N)c1)C(C)C. The van der Waals surface area contributed by atoms with Crippen LogP contribution in [0.4, 0.5) is 5.69 Å². The first kappa shape index (κ1) is 16.5. The van der Waals surface area contributed by atoms with Gasteiger partial charge in [-0.25, -0.2) is 0 Å². The van der Waals surface area contributed by atoms with Gasteiger partial charge in [-0.3, -0.25) is 9.69 Å². The van der Waals surface area contributed by atoms with Gasteiger partial charge in [-0.05, 0) is 45.4 Å². The van der Waals surface area contributed by atoms with Gasteiger partial charge in [0.05, 0.1) is 0 Å². The van der Waals surface area contributed by atoms with E-state index in [1.54, 1.807) is 0 Å². The summed E-state index contributed by atoms with van der Waals surface area (Å²) in [6, 6.07) is 8.50. The molecule has 0 saturated carbocycles. The highest BCUT2D eigenvalue weighted by Crippen LogP contribution is 2.12. The van der Waals surface area contributed by atoms with Crippen LogP contribution in [0.5, 0.6) is 0 Å². The maximum Gasteiger partial charge on any atom is 0.221 e. The summed E-state index contributed by atoms with van der Waals surface area (Å²) in [5.74, 6) is 0.109. The lowest BCUT2D eigenvalue weighted by Crippen LogP contribution is -2.36. The lowest BCUT2D eigenvalue weighted by molar-refractivity contribution is -0.122. The fourth-order valence-corrected chi connectivity index (χ4v) is 2.09. The van der Waals surface area contributed by atoms with Crippen molar-refractivity contribution < 1.29 is 4.79 Å². The van der Waals surface area contributed by atoms with Gasteiger partial charge in [-0.1, -0.05) is 12.1 Å². The maximum atomic E-state index is 11.7. The Labute approximate surface area is 122 Å². The van der Waals surface area contributed by atoms with Gasteiger partial charge in [0.1, 0.15) is 0 Å². The van der Waals surface area contributed by atoms with Gasteiger partial charge in [0, 0.05) is 37.3 Å². The number of nitrogen functional groups attached to an aromatic ring is 1. The Balaban J connectivity index is 2.55. The van der Waals surface area contributed by atoms with E-state index in [0.717, 1.165) is 18.8 Å². The van der Waals surface area contributed by atoms with Gasteiger partial charge in [0.15, 0.2) is 0 Å². The van der Waals surface area contributed by atoms with Crippen LogP contribution in [0.1, 0.15) is 39.7 Å². The van der Waals surface area contributed by atoms with Crippen LogP contribution in [0.3, 0.4) is 0 Å². The smallest absolute Gasteiger partial charge is 0.221 e. The molecule has 1 aromatic rings. The minimum absolute atomic E-state index is 0.109. The molecule has 1 aromatic carbocycles. The van der Waals surface area contributed by atoms with Crippen molar-refractivity contribution in [3.63, 3.8) is 0 Å². The molecule has 0 heterocycles. The summed E-state index contributed by atoms with van der Waals surface area (Å²) in [7, 11) is 0. The summed E-state index contributed by atoms with van der Waals surface area (Å²) < 4.78 is 0. The monoisotopic (exact) mass is 277 g/mol. The quantitative estimate of drug-likeness (QED) is 0.752. The highest BCUT2D eigenvalue weighted by atomic mass is 16.1. The van der Waals surface area contributed by atoms with Crippen LogP contribution in [0.2, 0.25) is 0 Å². The largest absolute Gasteiger partial charge is 0.399 e. The molecule has 112 valence electrons. The first-order chi connectivity index (χ1) is 9.38. The fraction of sp³-hybridized carbons (Fsp3) is 0.562. The van der Waals surface area contributed by atoms with E-state index in [1.165, 1.54) is 5.56 Å². The number of nitrogens with zero attached hydrogens (tertiary/aromatic N) is 1. The first-order valence-electron chi connectivity index (χ1n) is 7.26. The van der Waals surface area contributed by atoms with Crippen molar-refractivity contribution in [1.82, 2.24) is 10.2 Å². The van der Waals surface area contributed by atoms with Gasteiger partial charge in [0.25, 0.3) is 0 Å². The predicted molar refractivity (Wildman–Crippen MR) is 84.3 cm³/mol. The van der Waals surface area contributed by atoms with E-state index in [9.17, 15) is 4.79 Å². The molecule has 1 amide bonds. The third kappa shape index (κ3) is 6.06. The Morgan fingerprint density at radius 1 is 1.30 bits per heavy atom. The Hall–Kier alpha value is -1.55. The summed E-state index contributed by atoms with van der Waals surface area (Å²) in [4.78, 5) is 14.0. The van der Waals surface area contributed by atoms with Crippen LogP contribution in [0.25, 0.3) is 0 Å². The summed E-state index contributed by atoms with van der Waals surface area (Å²) in [6.45, 7) is 9.82. The zero-order valence-corrected chi connectivity index (χ0v) is 13.0. The van der Waals surface area contributed by atoms with E-state index < -0.39 is 0 Å². The van der Waals surface area contributed by atoms with Crippen LogP contribution in [-0.4, -0.2) is 29.4 Å². The second-order valence-electron chi connectivity index (χ2n) is 5.78. The normalized spacial score (nSPS) is 11.3. The molecule has 0 bridgehead atoms. The van der Waals surface area contributed by atoms with Crippen LogP contribution in [0.15, 0.2) is 24.3 Å². The molecule has 3 N–H and O–H groups in total. The van der Waals surface area contributed by atoms with Crippen LogP contribution in [-0.2, 0) is 11.3 Å². The molecule has 0 spiro atoms. The van der Waals surface area contributed by atoms with Crippen molar-refractivity contribution in [2.45, 2.75) is 52.7 Å². The van der Waals surface area contributed by atoms with Crippen molar-refractivity contribution in [2.75, 3.05) is 12.3 Å². The van der Waals surface area contributed by atoms with Crippen molar-refractivity contribution in [2.24, 2.45) is 0 Å². The third-order valence-electron chi connectivity index (χ3n) is 3.14. The average molecular weight is 277 g/mol. The molecule has 4 heteroatoms. The second kappa shape index (κ2) is 7.90. The molecule has 0 aliphatic carbocycles. The van der Waals surface area contributed by atoms with Gasteiger partial charge in [-0.2, -0.15) is 0 Å². The number of rotatable bonds is 7. The van der Waals surface area contributed by atoms with Gasteiger partial charge in [-0.15, -0.1) is 0 Å². The number of hydrogen-bond donors (Lipinski definition) is 2. The lowest BCUT2D eigenvalue weighted by atomic mass is 10.1. The number of anilines is 1. The second-order valence-corrected chi connectivity index (χ2v) is 5.78. The minimum atomic E-state index is 0.109. The molecular weight excluding hydrogens is 250 g/mol. The number of nitrogens with one attached hydrogen (secondary N) is 1. The number of carbonyl (C=O) groups excluding carboxylic acids is 1. The third-order valence-corrected chi connectivity index (χ3v) is 3.14. The molecule has 20 heavy (non-hydrogen) atoms. The highest BCUT2D eigenvalue weighted by Gasteiger charge is 2.12. The zero-order chi connectivity index (χ0) is 15.1. The lowest BCUT2D eigenvalue weighted by Gasteiger charge is -2.26. The van der Waals surface area contributed by atoms with Gasteiger partial charge >= 0.3 is 0 Å². The van der Waals surface area contributed by atoms with E-state index in [4.69, 9.17) is 5.73 Å². The van der Waals surface area contributed by atoms with E-state index in [1.807, 2.05) is 32.0 Å². The molecular formula is C16H27N3O. The Morgan fingerprint density at radius 3 is 2.55 bits per heavy atom. The Kier molecular flexibility index (Phi) is 6.52. The molecule has 0 fully saturated rings. The molecule has 0 saturated heterocycles. The van der Waals surface area contributed by atoms with E-state index in [2.05, 4.69) is 30.1 Å². The number of benzene rings is 1. The van der Waals surface area contributed by atoms with E-state index >= 15 is 0 Å². The van der Waals surface area contributed by atoms with Crippen molar-refractivity contribution >= 4 is 11.6 Å². The minimum Gasteiger partial charge on any atom is -0.399 e. The van der Waals surface area contributed by atoms with Crippen LogP contribution < -0.4 is 11.1 Å². The Morgan fingerprint density at radius 2 is 2.00 bits per heavy atom. The predicted octanol–water partition coefficient (Wildman–Crippen LogP) is 2.39. The standard InChI is InChI=1S/C16H27N3O/c1-12(2)18-16(20)8-9-19(13(3)4)11-14-6-5-7-15(17)10-14/h5-7,10,12-13H,8-9,11,17H2,1-4H3,(H,18,20). The number of amides is 1.